The maximum Gasteiger partial charge on any atom is 0.339 e. The van der Waals surface area contributed by atoms with Gasteiger partial charge in [0, 0.05) is 23.2 Å². The molecule has 1 heterocycles. The lowest BCUT2D eigenvalue weighted by Crippen LogP contribution is -2.46. The van der Waals surface area contributed by atoms with Crippen molar-refractivity contribution in [1.82, 2.24) is 9.13 Å². The Morgan fingerprint density at radius 2 is 1.83 bits per heavy atom. The second kappa shape index (κ2) is 6.16. The fraction of sp³-hybridized carbons (Fsp3) is 0.312. The lowest BCUT2D eigenvalue weighted by molar-refractivity contribution is 0.248. The Balaban J connectivity index is 2.14. The minimum absolute atomic E-state index is 0.0317. The second-order valence-corrected chi connectivity index (χ2v) is 6.34. The number of carbonyl (C=O) groups is 1. The summed E-state index contributed by atoms with van der Waals surface area (Å²) in [6.45, 7) is 0. The summed E-state index contributed by atoms with van der Waals surface area (Å²) in [4.78, 5) is 36.4. The molecule has 0 saturated heterocycles. The van der Waals surface area contributed by atoms with Crippen molar-refractivity contribution in [2.75, 3.05) is 5.73 Å². The van der Waals surface area contributed by atoms with Crippen molar-refractivity contribution in [1.29, 1.82) is 0 Å². The number of primary amides is 1. The molecule has 0 radical (unpaired) electrons. The number of nitrogens with two attached hydrogens (primary N) is 2. The van der Waals surface area contributed by atoms with Crippen molar-refractivity contribution >= 4 is 23.3 Å². The van der Waals surface area contributed by atoms with Crippen LogP contribution in [-0.4, -0.2) is 15.2 Å². The third-order valence-electron chi connectivity index (χ3n) is 4.49. The van der Waals surface area contributed by atoms with E-state index in [9.17, 15) is 14.4 Å². The molecule has 2 aromatic rings. The minimum Gasteiger partial charge on any atom is -0.393 e. The molecule has 7 nitrogen and oxygen atoms in total. The zero-order chi connectivity index (χ0) is 17.4. The van der Waals surface area contributed by atoms with Gasteiger partial charge in [-0.3, -0.25) is 9.36 Å². The number of anilines is 1. The van der Waals surface area contributed by atoms with E-state index in [0.29, 0.717) is 16.0 Å². The van der Waals surface area contributed by atoms with Gasteiger partial charge in [0.15, 0.2) is 0 Å². The van der Waals surface area contributed by atoms with Crippen LogP contribution < -0.4 is 22.7 Å². The van der Waals surface area contributed by atoms with Crippen molar-refractivity contribution in [3.63, 3.8) is 0 Å². The monoisotopic (exact) mass is 348 g/mol. The first kappa shape index (κ1) is 16.3. The van der Waals surface area contributed by atoms with Crippen LogP contribution in [0.15, 0.2) is 40.1 Å². The lowest BCUT2D eigenvalue weighted by atomic mass is 9.94. The van der Waals surface area contributed by atoms with E-state index in [2.05, 4.69) is 0 Å². The van der Waals surface area contributed by atoms with Gasteiger partial charge in [-0.25, -0.2) is 14.2 Å². The van der Waals surface area contributed by atoms with Crippen LogP contribution in [0.5, 0.6) is 0 Å². The number of rotatable bonds is 2. The molecule has 0 aliphatic heterocycles. The third kappa shape index (κ3) is 2.71. The topological polar surface area (TPSA) is 113 Å². The minimum atomic E-state index is -0.971. The molecule has 1 aromatic heterocycles. The average molecular weight is 349 g/mol. The molecule has 126 valence electrons. The number of aromatic nitrogens is 2. The van der Waals surface area contributed by atoms with Gasteiger partial charge in [-0.2, -0.15) is 0 Å². The summed E-state index contributed by atoms with van der Waals surface area (Å²) in [5, 5.41) is 0.616. The Hall–Kier alpha value is -2.54. The normalized spacial score (nSPS) is 20.2. The van der Waals surface area contributed by atoms with E-state index in [-0.39, 0.29) is 17.6 Å². The molecule has 3 rings (SSSR count). The second-order valence-electron chi connectivity index (χ2n) is 5.91. The molecule has 8 heteroatoms. The van der Waals surface area contributed by atoms with Crippen LogP contribution >= 0.6 is 11.6 Å². The number of benzene rings is 1. The van der Waals surface area contributed by atoms with E-state index in [4.69, 9.17) is 23.1 Å². The number of carbonyl (C=O) groups excluding carboxylic acids is 1. The van der Waals surface area contributed by atoms with Gasteiger partial charge < -0.3 is 11.5 Å². The van der Waals surface area contributed by atoms with Crippen LogP contribution in [0, 0.1) is 0 Å². The lowest BCUT2D eigenvalue weighted by Gasteiger charge is -2.22. The standard InChI is InChI=1S/C16H17ClN4O3/c17-10-6-4-9(5-7-10)11-2-1-3-13(11)21-14(22)12(18)8-20(15(19)23)16(21)24/h4-8,11,13H,1-3,18H2,(H2,19,23)/t11-,13-/m1/s1. The van der Waals surface area contributed by atoms with Crippen molar-refractivity contribution in [2.24, 2.45) is 5.73 Å². The molecule has 2 atom stereocenters. The Bertz CT molecular complexity index is 901. The molecule has 1 aliphatic rings. The number of hydrogen-bond acceptors (Lipinski definition) is 4. The van der Waals surface area contributed by atoms with Gasteiger partial charge >= 0.3 is 11.7 Å². The zero-order valence-electron chi connectivity index (χ0n) is 12.8. The highest BCUT2D eigenvalue weighted by atomic mass is 35.5. The molecule has 1 aliphatic carbocycles. The van der Waals surface area contributed by atoms with Crippen LogP contribution in [0.2, 0.25) is 5.02 Å². The molecular weight excluding hydrogens is 332 g/mol. The van der Waals surface area contributed by atoms with Crippen molar-refractivity contribution in [2.45, 2.75) is 31.2 Å². The Labute approximate surface area is 142 Å². The van der Waals surface area contributed by atoms with Gasteiger partial charge in [0.2, 0.25) is 0 Å². The maximum absolute atomic E-state index is 12.5. The SMILES string of the molecule is NC(=O)n1cc(N)c(=O)n([C@@H]2CCC[C@@H]2c2ccc(Cl)cc2)c1=O. The van der Waals surface area contributed by atoms with Crippen LogP contribution in [0.25, 0.3) is 0 Å². The average Bonchev–Trinajstić information content (AvgIpc) is 3.01. The van der Waals surface area contributed by atoms with E-state index < -0.39 is 17.3 Å². The summed E-state index contributed by atoms with van der Waals surface area (Å²) in [5.41, 5.74) is 10.3. The Kier molecular flexibility index (Phi) is 4.19. The van der Waals surface area contributed by atoms with Crippen molar-refractivity contribution in [3.8, 4) is 0 Å². The van der Waals surface area contributed by atoms with Crippen molar-refractivity contribution in [3.05, 3.63) is 61.9 Å². The number of halogens is 1. The fourth-order valence-electron chi connectivity index (χ4n) is 3.39. The highest BCUT2D eigenvalue weighted by molar-refractivity contribution is 6.30. The highest BCUT2D eigenvalue weighted by Crippen LogP contribution is 2.41. The van der Waals surface area contributed by atoms with Crippen LogP contribution in [0.1, 0.15) is 36.8 Å². The first-order chi connectivity index (χ1) is 11.4. The molecule has 1 aromatic carbocycles. The summed E-state index contributed by atoms with van der Waals surface area (Å²) in [6, 6.07) is 5.97. The zero-order valence-corrected chi connectivity index (χ0v) is 13.6. The first-order valence-electron chi connectivity index (χ1n) is 7.59. The Morgan fingerprint density at radius 1 is 1.17 bits per heavy atom. The largest absolute Gasteiger partial charge is 0.393 e. The smallest absolute Gasteiger partial charge is 0.339 e. The van der Waals surface area contributed by atoms with E-state index in [1.165, 1.54) is 0 Å². The third-order valence-corrected chi connectivity index (χ3v) is 4.74. The molecule has 1 saturated carbocycles. The van der Waals surface area contributed by atoms with Crippen molar-refractivity contribution < 1.29 is 4.79 Å². The predicted molar refractivity (Wildman–Crippen MR) is 91.4 cm³/mol. The van der Waals surface area contributed by atoms with Crippen LogP contribution in [-0.2, 0) is 0 Å². The molecular formula is C16H17ClN4O3. The van der Waals surface area contributed by atoms with E-state index in [0.717, 1.165) is 29.2 Å². The molecule has 0 bridgehead atoms. The summed E-state index contributed by atoms with van der Waals surface area (Å²) in [7, 11) is 0. The number of nitrogen functional groups attached to an aromatic ring is 1. The van der Waals surface area contributed by atoms with Gasteiger partial charge in [-0.1, -0.05) is 30.2 Å². The molecule has 4 N–H and O–H groups in total. The number of hydrogen-bond donors (Lipinski definition) is 2. The maximum atomic E-state index is 12.5. The van der Waals surface area contributed by atoms with Gasteiger partial charge in [0.25, 0.3) is 5.56 Å². The summed E-state index contributed by atoms with van der Waals surface area (Å²) >= 11 is 5.92. The molecule has 0 spiro atoms. The Morgan fingerprint density at radius 3 is 2.46 bits per heavy atom. The fourth-order valence-corrected chi connectivity index (χ4v) is 3.52. The van der Waals surface area contributed by atoms with E-state index in [1.807, 2.05) is 12.1 Å². The summed E-state index contributed by atoms with van der Waals surface area (Å²) in [6.07, 6.45) is 3.30. The van der Waals surface area contributed by atoms with E-state index >= 15 is 0 Å². The summed E-state index contributed by atoms with van der Waals surface area (Å²) < 4.78 is 1.74. The number of amides is 1. The highest BCUT2D eigenvalue weighted by Gasteiger charge is 2.33. The number of nitrogens with zero attached hydrogens (tertiary/aromatic N) is 2. The van der Waals surface area contributed by atoms with Crippen LogP contribution in [0.4, 0.5) is 10.5 Å². The van der Waals surface area contributed by atoms with Gasteiger partial charge in [-0.05, 0) is 30.5 Å². The van der Waals surface area contributed by atoms with Crippen LogP contribution in [0.3, 0.4) is 0 Å². The molecule has 1 fully saturated rings. The predicted octanol–water partition coefficient (Wildman–Crippen LogP) is 1.68. The molecule has 1 amide bonds. The summed E-state index contributed by atoms with van der Waals surface area (Å²) in [5.74, 6) is -0.0317. The van der Waals surface area contributed by atoms with Gasteiger partial charge in [0.05, 0.1) is 0 Å². The van der Waals surface area contributed by atoms with Gasteiger partial charge in [0.1, 0.15) is 5.69 Å². The first-order valence-corrected chi connectivity index (χ1v) is 7.97. The molecule has 24 heavy (non-hydrogen) atoms. The molecule has 0 unspecified atom stereocenters. The van der Waals surface area contributed by atoms with Gasteiger partial charge in [-0.15, -0.1) is 0 Å². The quantitative estimate of drug-likeness (QED) is 0.859. The van der Waals surface area contributed by atoms with E-state index in [1.54, 1.807) is 12.1 Å².